The van der Waals surface area contributed by atoms with Crippen molar-refractivity contribution in [2.75, 3.05) is 11.1 Å². The van der Waals surface area contributed by atoms with Gasteiger partial charge in [-0.3, -0.25) is 4.98 Å². The van der Waals surface area contributed by atoms with Crippen LogP contribution in [-0.2, 0) is 0 Å². The number of aromatic nitrogens is 4. The summed E-state index contributed by atoms with van der Waals surface area (Å²) >= 11 is 1.58. The zero-order chi connectivity index (χ0) is 17.9. The number of pyridine rings is 1. The molecule has 1 N–H and O–H groups in total. The van der Waals surface area contributed by atoms with Gasteiger partial charge in [0, 0.05) is 22.7 Å². The molecule has 1 aromatic carbocycles. The number of anilines is 1. The number of para-hydroxylation sites is 1. The first kappa shape index (κ1) is 16.8. The summed E-state index contributed by atoms with van der Waals surface area (Å²) in [5.41, 5.74) is 4.22. The van der Waals surface area contributed by atoms with E-state index in [4.69, 9.17) is 4.74 Å². The van der Waals surface area contributed by atoms with Crippen LogP contribution in [0.25, 0.3) is 11.3 Å². The molecule has 0 radical (unpaired) electrons. The molecule has 0 amide bonds. The number of ether oxygens (including phenoxy) is 1. The van der Waals surface area contributed by atoms with Gasteiger partial charge in [0.15, 0.2) is 5.69 Å². The van der Waals surface area contributed by atoms with E-state index in [0.717, 1.165) is 34.8 Å². The van der Waals surface area contributed by atoms with Crippen LogP contribution in [0.15, 0.2) is 47.6 Å². The highest BCUT2D eigenvalue weighted by atomic mass is 32.2. The van der Waals surface area contributed by atoms with Crippen molar-refractivity contribution in [2.24, 2.45) is 0 Å². The van der Waals surface area contributed by atoms with Crippen LogP contribution in [0.1, 0.15) is 31.0 Å². The lowest BCUT2D eigenvalue weighted by Crippen LogP contribution is -2.18. The van der Waals surface area contributed by atoms with E-state index >= 15 is 0 Å². The highest BCUT2D eigenvalue weighted by Crippen LogP contribution is 2.39. The Kier molecular flexibility index (Phi) is 4.71. The van der Waals surface area contributed by atoms with Crippen LogP contribution < -0.4 is 10.1 Å². The summed E-state index contributed by atoms with van der Waals surface area (Å²) in [6.07, 6.45) is 0.602. The van der Waals surface area contributed by atoms with Gasteiger partial charge in [-0.2, -0.15) is 4.98 Å². The fourth-order valence-electron chi connectivity index (χ4n) is 2.75. The predicted octanol–water partition coefficient (Wildman–Crippen LogP) is 4.25. The van der Waals surface area contributed by atoms with Crippen molar-refractivity contribution in [3.63, 3.8) is 0 Å². The molecular formula is C19H19N5OS. The molecule has 6 nitrogen and oxygen atoms in total. The summed E-state index contributed by atoms with van der Waals surface area (Å²) in [4.78, 5) is 9.21. The molecule has 0 saturated heterocycles. The summed E-state index contributed by atoms with van der Waals surface area (Å²) in [5.74, 6) is 1.42. The topological polar surface area (TPSA) is 72.8 Å². The minimum Gasteiger partial charge on any atom is -0.446 e. The fourth-order valence-corrected chi connectivity index (χ4v) is 3.38. The van der Waals surface area contributed by atoms with Gasteiger partial charge in [-0.15, -0.1) is 10.2 Å². The molecule has 0 aliphatic carbocycles. The second-order valence-electron chi connectivity index (χ2n) is 5.99. The number of benzene rings is 1. The van der Waals surface area contributed by atoms with Gasteiger partial charge < -0.3 is 10.1 Å². The number of hydrogen-bond acceptors (Lipinski definition) is 7. The van der Waals surface area contributed by atoms with Crippen LogP contribution in [0.3, 0.4) is 0 Å². The second-order valence-corrected chi connectivity index (χ2v) is 7.05. The molecule has 3 heterocycles. The number of thioether (sulfide) groups is 1. The SMILES string of the molecule is CCCSc1nnc2c(n1)O[C@H](c1cccc(C)n1)Nc1ccccc1-2. The normalized spacial score (nSPS) is 15.2. The molecule has 26 heavy (non-hydrogen) atoms. The van der Waals surface area contributed by atoms with E-state index in [1.807, 2.05) is 49.4 Å². The summed E-state index contributed by atoms with van der Waals surface area (Å²) in [7, 11) is 0. The number of nitrogens with zero attached hydrogens (tertiary/aromatic N) is 4. The smallest absolute Gasteiger partial charge is 0.247 e. The summed E-state index contributed by atoms with van der Waals surface area (Å²) in [6, 6.07) is 13.8. The molecule has 0 bridgehead atoms. The van der Waals surface area contributed by atoms with E-state index in [9.17, 15) is 0 Å². The minimum absolute atomic E-state index is 0.446. The first-order valence-corrected chi connectivity index (χ1v) is 9.57. The van der Waals surface area contributed by atoms with Gasteiger partial charge in [-0.05, 0) is 31.5 Å². The standard InChI is InChI=1S/C19H19N5OS/c1-3-11-26-19-22-18-16(23-24-19)13-8-4-5-9-14(13)21-17(25-18)15-10-6-7-12(2)20-15/h4-10,17,21H,3,11H2,1-2H3/t17-/m1/s1. The van der Waals surface area contributed by atoms with Gasteiger partial charge in [0.2, 0.25) is 17.3 Å². The number of hydrogen-bond donors (Lipinski definition) is 1. The van der Waals surface area contributed by atoms with Crippen molar-refractivity contribution >= 4 is 17.4 Å². The molecule has 0 saturated carbocycles. The van der Waals surface area contributed by atoms with E-state index in [2.05, 4.69) is 32.4 Å². The van der Waals surface area contributed by atoms with Crippen molar-refractivity contribution in [2.45, 2.75) is 31.7 Å². The van der Waals surface area contributed by atoms with Crippen LogP contribution in [0, 0.1) is 6.92 Å². The molecule has 3 aromatic rings. The lowest BCUT2D eigenvalue weighted by atomic mass is 10.1. The van der Waals surface area contributed by atoms with E-state index in [1.54, 1.807) is 11.8 Å². The Labute approximate surface area is 156 Å². The van der Waals surface area contributed by atoms with Gasteiger partial charge in [0.1, 0.15) is 5.69 Å². The zero-order valence-corrected chi connectivity index (χ0v) is 15.5. The number of aryl methyl sites for hydroxylation is 1. The maximum absolute atomic E-state index is 6.20. The van der Waals surface area contributed by atoms with Crippen LogP contribution in [-0.4, -0.2) is 25.9 Å². The van der Waals surface area contributed by atoms with Crippen molar-refractivity contribution in [3.8, 4) is 17.1 Å². The third-order valence-electron chi connectivity index (χ3n) is 3.95. The Morgan fingerprint density at radius 1 is 1.08 bits per heavy atom. The van der Waals surface area contributed by atoms with Crippen molar-refractivity contribution in [1.82, 2.24) is 20.2 Å². The maximum atomic E-state index is 6.20. The van der Waals surface area contributed by atoms with Crippen LogP contribution in [0.2, 0.25) is 0 Å². The lowest BCUT2D eigenvalue weighted by molar-refractivity contribution is 0.220. The molecule has 2 aromatic heterocycles. The van der Waals surface area contributed by atoms with Gasteiger partial charge in [0.05, 0.1) is 0 Å². The molecule has 0 spiro atoms. The average molecular weight is 365 g/mol. The Hall–Kier alpha value is -2.67. The van der Waals surface area contributed by atoms with Crippen molar-refractivity contribution in [1.29, 1.82) is 0 Å². The van der Waals surface area contributed by atoms with E-state index < -0.39 is 6.23 Å². The molecule has 1 aliphatic rings. The third kappa shape index (κ3) is 3.35. The first-order valence-electron chi connectivity index (χ1n) is 8.58. The van der Waals surface area contributed by atoms with E-state index in [0.29, 0.717) is 16.7 Å². The highest BCUT2D eigenvalue weighted by Gasteiger charge is 2.26. The van der Waals surface area contributed by atoms with Gasteiger partial charge in [-0.25, -0.2) is 0 Å². The second kappa shape index (κ2) is 7.29. The zero-order valence-electron chi connectivity index (χ0n) is 14.6. The van der Waals surface area contributed by atoms with E-state index in [-0.39, 0.29) is 0 Å². The Morgan fingerprint density at radius 2 is 1.96 bits per heavy atom. The maximum Gasteiger partial charge on any atom is 0.247 e. The van der Waals surface area contributed by atoms with Crippen molar-refractivity contribution in [3.05, 3.63) is 53.9 Å². The van der Waals surface area contributed by atoms with Gasteiger partial charge in [0.25, 0.3) is 0 Å². The highest BCUT2D eigenvalue weighted by molar-refractivity contribution is 7.99. The molecular weight excluding hydrogens is 346 g/mol. The molecule has 0 unspecified atom stereocenters. The van der Waals surface area contributed by atoms with Gasteiger partial charge in [-0.1, -0.05) is 43.0 Å². The largest absolute Gasteiger partial charge is 0.446 e. The molecule has 1 atom stereocenters. The molecule has 132 valence electrons. The number of fused-ring (bicyclic) bond motifs is 3. The Morgan fingerprint density at radius 3 is 2.81 bits per heavy atom. The van der Waals surface area contributed by atoms with Gasteiger partial charge >= 0.3 is 0 Å². The Bertz CT molecular complexity index is 933. The molecule has 0 fully saturated rings. The first-order chi connectivity index (χ1) is 12.7. The van der Waals surface area contributed by atoms with Crippen LogP contribution in [0.5, 0.6) is 5.88 Å². The molecule has 7 heteroatoms. The Balaban J connectivity index is 1.79. The molecule has 1 aliphatic heterocycles. The quantitative estimate of drug-likeness (QED) is 0.693. The lowest BCUT2D eigenvalue weighted by Gasteiger charge is -2.18. The minimum atomic E-state index is -0.446. The van der Waals surface area contributed by atoms with Crippen LogP contribution in [0.4, 0.5) is 5.69 Å². The fraction of sp³-hybridized carbons (Fsp3) is 0.263. The monoisotopic (exact) mass is 365 g/mol. The van der Waals surface area contributed by atoms with Crippen LogP contribution >= 0.6 is 11.8 Å². The predicted molar refractivity (Wildman–Crippen MR) is 102 cm³/mol. The summed E-state index contributed by atoms with van der Waals surface area (Å²) in [5, 5.41) is 12.7. The number of nitrogens with one attached hydrogen (secondary N) is 1. The number of rotatable bonds is 4. The summed E-state index contributed by atoms with van der Waals surface area (Å²) in [6.45, 7) is 4.09. The summed E-state index contributed by atoms with van der Waals surface area (Å²) < 4.78 is 6.20. The third-order valence-corrected chi connectivity index (χ3v) is 4.99. The van der Waals surface area contributed by atoms with Crippen molar-refractivity contribution < 1.29 is 4.74 Å². The average Bonchev–Trinajstić information content (AvgIpc) is 2.83. The molecule has 4 rings (SSSR count). The van der Waals surface area contributed by atoms with E-state index in [1.165, 1.54) is 0 Å².